The molecule has 0 saturated heterocycles. The number of nitrogen functional groups attached to an aromatic ring is 1. The number of nitrogens with two attached hydrogens (primary N) is 1. The van der Waals surface area contributed by atoms with Gasteiger partial charge in [0.2, 0.25) is 5.91 Å². The zero-order valence-corrected chi connectivity index (χ0v) is 11.6. The van der Waals surface area contributed by atoms with Crippen molar-refractivity contribution in [2.24, 2.45) is 0 Å². The van der Waals surface area contributed by atoms with Gasteiger partial charge < -0.3 is 11.1 Å². The summed E-state index contributed by atoms with van der Waals surface area (Å²) in [5.41, 5.74) is 7.64. The van der Waals surface area contributed by atoms with E-state index in [-0.39, 0.29) is 18.1 Å². The summed E-state index contributed by atoms with van der Waals surface area (Å²) in [5.74, 6) is -0.544. The lowest BCUT2D eigenvalue weighted by Crippen LogP contribution is -2.14. The van der Waals surface area contributed by atoms with Crippen LogP contribution in [0.2, 0.25) is 0 Å². The molecule has 3 nitrogen and oxygen atoms in total. The van der Waals surface area contributed by atoms with Crippen molar-refractivity contribution in [2.75, 3.05) is 11.1 Å². The zero-order valence-electron chi connectivity index (χ0n) is 9.99. The fourth-order valence-electron chi connectivity index (χ4n) is 1.67. The van der Waals surface area contributed by atoms with Crippen LogP contribution in [0.4, 0.5) is 15.8 Å². The predicted octanol–water partition coefficient (Wildman–Crippen LogP) is 3.35. The molecule has 98 valence electrons. The number of rotatable bonds is 3. The lowest BCUT2D eigenvalue weighted by Gasteiger charge is -2.06. The molecule has 3 N–H and O–H groups in total. The molecule has 0 unspecified atom stereocenters. The third-order valence-electron chi connectivity index (χ3n) is 2.52. The maximum atomic E-state index is 13.1. The minimum atomic E-state index is -0.367. The van der Waals surface area contributed by atoms with Crippen LogP contribution in [0.1, 0.15) is 5.56 Å². The number of hydrogen-bond donors (Lipinski definition) is 2. The van der Waals surface area contributed by atoms with Crippen LogP contribution in [-0.2, 0) is 11.2 Å². The number of anilines is 2. The van der Waals surface area contributed by atoms with E-state index < -0.39 is 0 Å². The smallest absolute Gasteiger partial charge is 0.228 e. The van der Waals surface area contributed by atoms with Crippen molar-refractivity contribution in [3.63, 3.8) is 0 Å². The third-order valence-corrected chi connectivity index (χ3v) is 3.13. The first-order chi connectivity index (χ1) is 9.04. The van der Waals surface area contributed by atoms with Crippen LogP contribution >= 0.6 is 15.9 Å². The molecule has 2 aromatic rings. The van der Waals surface area contributed by atoms with Crippen molar-refractivity contribution >= 4 is 33.2 Å². The number of nitrogens with one attached hydrogen (secondary N) is 1. The number of benzene rings is 2. The molecule has 2 rings (SSSR count). The summed E-state index contributed by atoms with van der Waals surface area (Å²) in [6, 6.07) is 11.5. The quantitative estimate of drug-likeness (QED) is 0.851. The fourth-order valence-corrected chi connectivity index (χ4v) is 2.05. The maximum absolute atomic E-state index is 13.1. The molecule has 0 fully saturated rings. The highest BCUT2D eigenvalue weighted by molar-refractivity contribution is 9.10. The highest BCUT2D eigenvalue weighted by Gasteiger charge is 2.06. The molecular weight excluding hydrogens is 311 g/mol. The number of carbonyl (C=O) groups is 1. The molecule has 0 spiro atoms. The Kier molecular flexibility index (Phi) is 4.16. The molecule has 0 radical (unpaired) electrons. The van der Waals surface area contributed by atoms with Crippen molar-refractivity contribution in [2.45, 2.75) is 6.42 Å². The maximum Gasteiger partial charge on any atom is 0.228 e. The molecule has 0 heterocycles. The van der Waals surface area contributed by atoms with Crippen molar-refractivity contribution in [3.05, 3.63) is 58.3 Å². The van der Waals surface area contributed by atoms with Crippen molar-refractivity contribution in [1.29, 1.82) is 0 Å². The predicted molar refractivity (Wildman–Crippen MR) is 77.3 cm³/mol. The topological polar surface area (TPSA) is 55.1 Å². The number of amides is 1. The zero-order chi connectivity index (χ0) is 13.8. The van der Waals surface area contributed by atoms with E-state index >= 15 is 0 Å². The highest BCUT2D eigenvalue weighted by Crippen LogP contribution is 2.20. The number of halogens is 2. The van der Waals surface area contributed by atoms with Gasteiger partial charge in [0.25, 0.3) is 0 Å². The standard InChI is InChI=1S/C14H12BrFN2O/c15-12-8-11(4-5-13(12)16)18-14(19)7-9-2-1-3-10(17)6-9/h1-6,8H,7,17H2,(H,18,19). The van der Waals surface area contributed by atoms with E-state index in [9.17, 15) is 9.18 Å². The van der Waals surface area contributed by atoms with Gasteiger partial charge in [0.05, 0.1) is 10.9 Å². The normalized spacial score (nSPS) is 10.2. The van der Waals surface area contributed by atoms with E-state index in [0.717, 1.165) is 5.56 Å². The van der Waals surface area contributed by atoms with Crippen LogP contribution in [0, 0.1) is 5.82 Å². The van der Waals surface area contributed by atoms with Crippen LogP contribution in [-0.4, -0.2) is 5.91 Å². The molecule has 2 aromatic carbocycles. The van der Waals surface area contributed by atoms with Gasteiger partial charge in [-0.2, -0.15) is 0 Å². The van der Waals surface area contributed by atoms with Crippen molar-refractivity contribution in [1.82, 2.24) is 0 Å². The Morgan fingerprint density at radius 2 is 2.05 bits per heavy atom. The van der Waals surface area contributed by atoms with Gasteiger partial charge in [-0.3, -0.25) is 4.79 Å². The SMILES string of the molecule is Nc1cccc(CC(=O)Nc2ccc(F)c(Br)c2)c1. The Balaban J connectivity index is 2.03. The van der Waals surface area contributed by atoms with Gasteiger partial charge in [0.15, 0.2) is 0 Å². The Hall–Kier alpha value is -1.88. The Morgan fingerprint density at radius 3 is 2.74 bits per heavy atom. The molecule has 5 heteroatoms. The lowest BCUT2D eigenvalue weighted by molar-refractivity contribution is -0.115. The first kappa shape index (κ1) is 13.5. The molecule has 19 heavy (non-hydrogen) atoms. The average molecular weight is 323 g/mol. The second-order valence-electron chi connectivity index (χ2n) is 4.10. The summed E-state index contributed by atoms with van der Waals surface area (Å²) in [6.07, 6.45) is 0.222. The van der Waals surface area contributed by atoms with Gasteiger partial charge in [-0.05, 0) is 51.8 Å². The molecule has 1 amide bonds. The summed E-state index contributed by atoms with van der Waals surface area (Å²) >= 11 is 3.07. The Morgan fingerprint density at radius 1 is 1.26 bits per heavy atom. The first-order valence-corrected chi connectivity index (χ1v) is 6.43. The van der Waals surface area contributed by atoms with Gasteiger partial charge in [-0.15, -0.1) is 0 Å². The van der Waals surface area contributed by atoms with Crippen LogP contribution in [0.3, 0.4) is 0 Å². The van der Waals surface area contributed by atoms with E-state index in [1.807, 2.05) is 6.07 Å². The summed E-state index contributed by atoms with van der Waals surface area (Å²) < 4.78 is 13.4. The van der Waals surface area contributed by atoms with Gasteiger partial charge in [0, 0.05) is 11.4 Å². The minimum Gasteiger partial charge on any atom is -0.399 e. The van der Waals surface area contributed by atoms with Gasteiger partial charge in [-0.1, -0.05) is 12.1 Å². The van der Waals surface area contributed by atoms with E-state index in [0.29, 0.717) is 15.8 Å². The monoisotopic (exact) mass is 322 g/mol. The van der Waals surface area contributed by atoms with Crippen molar-refractivity contribution in [3.8, 4) is 0 Å². The Bertz CT molecular complexity index is 616. The van der Waals surface area contributed by atoms with Crippen molar-refractivity contribution < 1.29 is 9.18 Å². The average Bonchev–Trinajstić information content (AvgIpc) is 2.34. The first-order valence-electron chi connectivity index (χ1n) is 5.64. The molecule has 0 saturated carbocycles. The molecule has 0 bridgehead atoms. The highest BCUT2D eigenvalue weighted by atomic mass is 79.9. The molecule has 0 aliphatic carbocycles. The second kappa shape index (κ2) is 5.84. The molecule has 0 atom stereocenters. The van der Waals surface area contributed by atoms with E-state index in [1.54, 1.807) is 18.2 Å². The van der Waals surface area contributed by atoms with E-state index in [1.165, 1.54) is 18.2 Å². The molecular formula is C14H12BrFN2O. The van der Waals surface area contributed by atoms with Gasteiger partial charge >= 0.3 is 0 Å². The molecule has 0 aliphatic heterocycles. The summed E-state index contributed by atoms with van der Waals surface area (Å²) in [6.45, 7) is 0. The van der Waals surface area contributed by atoms with Crippen LogP contribution in [0.5, 0.6) is 0 Å². The van der Waals surface area contributed by atoms with Gasteiger partial charge in [0.1, 0.15) is 5.82 Å². The summed E-state index contributed by atoms with van der Waals surface area (Å²) in [7, 11) is 0. The number of hydrogen-bond acceptors (Lipinski definition) is 2. The third kappa shape index (κ3) is 3.79. The van der Waals surface area contributed by atoms with Crippen LogP contribution in [0.25, 0.3) is 0 Å². The fraction of sp³-hybridized carbons (Fsp3) is 0.0714. The van der Waals surface area contributed by atoms with Crippen LogP contribution in [0.15, 0.2) is 46.9 Å². The Labute approximate surface area is 118 Å². The number of carbonyl (C=O) groups excluding carboxylic acids is 1. The lowest BCUT2D eigenvalue weighted by atomic mass is 10.1. The largest absolute Gasteiger partial charge is 0.399 e. The van der Waals surface area contributed by atoms with Crippen LogP contribution < -0.4 is 11.1 Å². The minimum absolute atomic E-state index is 0.177. The van der Waals surface area contributed by atoms with E-state index in [4.69, 9.17) is 5.73 Å². The summed E-state index contributed by atoms with van der Waals surface area (Å²) in [5, 5.41) is 2.70. The summed E-state index contributed by atoms with van der Waals surface area (Å²) in [4.78, 5) is 11.8. The molecule has 0 aliphatic rings. The van der Waals surface area contributed by atoms with E-state index in [2.05, 4.69) is 21.2 Å². The van der Waals surface area contributed by atoms with Gasteiger partial charge in [-0.25, -0.2) is 4.39 Å². The molecule has 0 aromatic heterocycles. The second-order valence-corrected chi connectivity index (χ2v) is 4.95.